The lowest BCUT2D eigenvalue weighted by Gasteiger charge is -2.14. The highest BCUT2D eigenvalue weighted by atomic mass is 31.1. The molecule has 0 radical (unpaired) electrons. The zero-order valence-electron chi connectivity index (χ0n) is 11.9. The molecule has 1 rings (SSSR count). The lowest BCUT2D eigenvalue weighted by atomic mass is 10.3. The number of nitrogens with one attached hydrogen (secondary N) is 1. The van der Waals surface area contributed by atoms with Crippen molar-refractivity contribution >= 4 is 20.5 Å². The molecule has 1 atom stereocenters. The first kappa shape index (κ1) is 15.8. The van der Waals surface area contributed by atoms with Gasteiger partial charge in [0.05, 0.1) is 20.6 Å². The molecular weight excluding hydrogens is 261 g/mol. The van der Waals surface area contributed by atoms with E-state index >= 15 is 0 Å². The van der Waals surface area contributed by atoms with Crippen molar-refractivity contribution in [3.8, 4) is 5.75 Å². The Morgan fingerprint density at radius 1 is 1.26 bits per heavy atom. The second kappa shape index (κ2) is 8.00. The Kier molecular flexibility index (Phi) is 6.65. The summed E-state index contributed by atoms with van der Waals surface area (Å²) in [6, 6.07) is 7.60. The molecule has 0 amide bonds. The van der Waals surface area contributed by atoms with Gasteiger partial charge in [-0.3, -0.25) is 4.79 Å². The van der Waals surface area contributed by atoms with Gasteiger partial charge >= 0.3 is 5.97 Å². The van der Waals surface area contributed by atoms with Gasteiger partial charge in [-0.05, 0) is 26.0 Å². The molecule has 1 aromatic rings. The van der Waals surface area contributed by atoms with E-state index in [1.807, 2.05) is 38.1 Å². The number of esters is 1. The standard InChI is InChI=1S/C14H22NO3P/c1-10(2)17-14(16)9-15-12-7-5-6-8-13(12)18-19-11(3)4/h5-8,10-11,15,19H,9H2,1-4H3. The van der Waals surface area contributed by atoms with Crippen LogP contribution in [0.4, 0.5) is 5.69 Å². The Balaban J connectivity index is 2.55. The summed E-state index contributed by atoms with van der Waals surface area (Å²) in [6.45, 7) is 8.02. The van der Waals surface area contributed by atoms with Crippen molar-refractivity contribution in [3.05, 3.63) is 24.3 Å². The molecule has 1 N–H and O–H groups in total. The van der Waals surface area contributed by atoms with Gasteiger partial charge < -0.3 is 14.6 Å². The van der Waals surface area contributed by atoms with Crippen LogP contribution in [-0.2, 0) is 9.53 Å². The van der Waals surface area contributed by atoms with Crippen molar-refractivity contribution in [2.24, 2.45) is 0 Å². The van der Waals surface area contributed by atoms with Crippen LogP contribution >= 0.6 is 8.81 Å². The summed E-state index contributed by atoms with van der Waals surface area (Å²) in [5.74, 6) is 0.503. The van der Waals surface area contributed by atoms with E-state index in [1.165, 1.54) is 0 Å². The summed E-state index contributed by atoms with van der Waals surface area (Å²) in [4.78, 5) is 11.5. The molecule has 0 bridgehead atoms. The van der Waals surface area contributed by atoms with Crippen molar-refractivity contribution < 1.29 is 14.1 Å². The van der Waals surface area contributed by atoms with Crippen LogP contribution in [0.15, 0.2) is 24.3 Å². The van der Waals surface area contributed by atoms with Gasteiger partial charge in [0.25, 0.3) is 0 Å². The average Bonchev–Trinajstić information content (AvgIpc) is 2.34. The second-order valence-corrected chi connectivity index (χ2v) is 6.36. The number of anilines is 1. The summed E-state index contributed by atoms with van der Waals surface area (Å²) >= 11 is 0. The van der Waals surface area contributed by atoms with Crippen LogP contribution in [0.3, 0.4) is 0 Å². The fraction of sp³-hybridized carbons (Fsp3) is 0.500. The quantitative estimate of drug-likeness (QED) is 0.615. The summed E-state index contributed by atoms with van der Waals surface area (Å²) in [5, 5.41) is 3.05. The molecule has 0 heterocycles. The summed E-state index contributed by atoms with van der Waals surface area (Å²) < 4.78 is 10.8. The van der Waals surface area contributed by atoms with E-state index in [-0.39, 0.29) is 18.6 Å². The number of ether oxygens (including phenoxy) is 1. The number of hydrogen-bond donors (Lipinski definition) is 1. The monoisotopic (exact) mass is 283 g/mol. The number of carbonyl (C=O) groups is 1. The highest BCUT2D eigenvalue weighted by Crippen LogP contribution is 2.31. The molecule has 1 unspecified atom stereocenters. The van der Waals surface area contributed by atoms with E-state index in [9.17, 15) is 4.79 Å². The van der Waals surface area contributed by atoms with Crippen LogP contribution in [0.2, 0.25) is 0 Å². The number of hydrogen-bond acceptors (Lipinski definition) is 4. The fourth-order valence-electron chi connectivity index (χ4n) is 1.35. The molecule has 0 aliphatic heterocycles. The van der Waals surface area contributed by atoms with Crippen LogP contribution < -0.4 is 9.84 Å². The van der Waals surface area contributed by atoms with Gasteiger partial charge in [0.1, 0.15) is 12.3 Å². The molecule has 0 aliphatic rings. The Morgan fingerprint density at radius 3 is 2.58 bits per heavy atom. The fourth-order valence-corrected chi connectivity index (χ4v) is 1.90. The minimum atomic E-state index is -0.267. The summed E-state index contributed by atoms with van der Waals surface area (Å²) in [6.07, 6.45) is -0.0942. The maximum atomic E-state index is 11.5. The second-order valence-electron chi connectivity index (χ2n) is 4.76. The van der Waals surface area contributed by atoms with Gasteiger partial charge in [0.2, 0.25) is 0 Å². The molecule has 1 aromatic carbocycles. The van der Waals surface area contributed by atoms with E-state index in [2.05, 4.69) is 19.2 Å². The summed E-state index contributed by atoms with van der Waals surface area (Å²) in [5.41, 5.74) is 1.30. The minimum absolute atomic E-state index is 0.0942. The predicted octanol–water partition coefficient (Wildman–Crippen LogP) is 3.43. The number of para-hydroxylation sites is 2. The predicted molar refractivity (Wildman–Crippen MR) is 80.2 cm³/mol. The van der Waals surface area contributed by atoms with Crippen LogP contribution in [0.1, 0.15) is 27.7 Å². The lowest BCUT2D eigenvalue weighted by molar-refractivity contribution is -0.145. The van der Waals surface area contributed by atoms with Gasteiger partial charge in [-0.2, -0.15) is 0 Å². The van der Waals surface area contributed by atoms with E-state index in [0.717, 1.165) is 11.4 Å². The van der Waals surface area contributed by atoms with E-state index < -0.39 is 0 Å². The van der Waals surface area contributed by atoms with Gasteiger partial charge in [0, 0.05) is 5.66 Å². The maximum Gasteiger partial charge on any atom is 0.325 e. The van der Waals surface area contributed by atoms with Crippen molar-refractivity contribution in [1.82, 2.24) is 0 Å². The molecule has 19 heavy (non-hydrogen) atoms. The molecule has 0 aliphatic carbocycles. The van der Waals surface area contributed by atoms with Gasteiger partial charge in [-0.15, -0.1) is 0 Å². The molecule has 5 heteroatoms. The highest BCUT2D eigenvalue weighted by Gasteiger charge is 2.08. The SMILES string of the molecule is CC(C)OC(=O)CNc1ccccc1OPC(C)C. The Bertz CT molecular complexity index is 407. The first-order valence-electron chi connectivity index (χ1n) is 6.43. The molecule has 0 saturated heterocycles. The van der Waals surface area contributed by atoms with Crippen molar-refractivity contribution in [2.75, 3.05) is 11.9 Å². The lowest BCUT2D eigenvalue weighted by Crippen LogP contribution is -2.20. The van der Waals surface area contributed by atoms with E-state index in [1.54, 1.807) is 0 Å². The van der Waals surface area contributed by atoms with Crippen molar-refractivity contribution in [2.45, 2.75) is 39.5 Å². The number of carbonyl (C=O) groups excluding carboxylic acids is 1. The molecule has 4 nitrogen and oxygen atoms in total. The number of rotatable bonds is 7. The zero-order valence-corrected chi connectivity index (χ0v) is 12.9. The van der Waals surface area contributed by atoms with Gasteiger partial charge in [-0.1, -0.05) is 26.0 Å². The Hall–Kier alpha value is -1.28. The van der Waals surface area contributed by atoms with Crippen LogP contribution in [0.5, 0.6) is 5.75 Å². The first-order chi connectivity index (χ1) is 8.99. The van der Waals surface area contributed by atoms with E-state index in [0.29, 0.717) is 14.5 Å². The smallest absolute Gasteiger partial charge is 0.325 e. The van der Waals surface area contributed by atoms with E-state index in [4.69, 9.17) is 9.26 Å². The molecule has 0 saturated carbocycles. The molecule has 106 valence electrons. The third-order valence-corrected chi connectivity index (χ3v) is 2.89. The van der Waals surface area contributed by atoms with Crippen LogP contribution in [-0.4, -0.2) is 24.3 Å². The maximum absolute atomic E-state index is 11.5. The topological polar surface area (TPSA) is 47.6 Å². The highest BCUT2D eigenvalue weighted by molar-refractivity contribution is 7.33. The largest absolute Gasteiger partial charge is 0.475 e. The van der Waals surface area contributed by atoms with Crippen molar-refractivity contribution in [1.29, 1.82) is 0 Å². The minimum Gasteiger partial charge on any atom is -0.475 e. The third kappa shape index (κ3) is 6.44. The summed E-state index contributed by atoms with van der Waals surface area (Å²) in [7, 11) is 0.402. The van der Waals surface area contributed by atoms with Gasteiger partial charge in [0.15, 0.2) is 0 Å². The van der Waals surface area contributed by atoms with Gasteiger partial charge in [-0.25, -0.2) is 0 Å². The number of benzene rings is 1. The molecule has 0 spiro atoms. The normalized spacial score (nSPS) is 11.3. The average molecular weight is 283 g/mol. The zero-order chi connectivity index (χ0) is 14.3. The Labute approximate surface area is 116 Å². The molecule has 0 aromatic heterocycles. The van der Waals surface area contributed by atoms with Crippen molar-refractivity contribution in [3.63, 3.8) is 0 Å². The van der Waals surface area contributed by atoms with Crippen LogP contribution in [0, 0.1) is 0 Å². The molecule has 0 fully saturated rings. The van der Waals surface area contributed by atoms with Crippen LogP contribution in [0.25, 0.3) is 0 Å². The Morgan fingerprint density at radius 2 is 1.95 bits per heavy atom. The molecular formula is C14H22NO3P. The third-order valence-electron chi connectivity index (χ3n) is 2.08. The first-order valence-corrected chi connectivity index (χ1v) is 7.42.